The van der Waals surface area contributed by atoms with E-state index in [0.717, 1.165) is 12.8 Å². The molecule has 0 amide bonds. The summed E-state index contributed by atoms with van der Waals surface area (Å²) >= 11 is 0. The van der Waals surface area contributed by atoms with Gasteiger partial charge in [-0.2, -0.15) is 0 Å². The summed E-state index contributed by atoms with van der Waals surface area (Å²) in [5, 5.41) is 0. The van der Waals surface area contributed by atoms with E-state index < -0.39 is 0 Å². The van der Waals surface area contributed by atoms with Crippen molar-refractivity contribution in [3.63, 3.8) is 0 Å². The van der Waals surface area contributed by atoms with Gasteiger partial charge in [-0.05, 0) is 48.1 Å². The smallest absolute Gasteiger partial charge is 0.0715 e. The number of aryl methyl sites for hydroxylation is 3. The van der Waals surface area contributed by atoms with Gasteiger partial charge in [-0.25, -0.2) is 5.43 Å². The third-order valence-electron chi connectivity index (χ3n) is 3.82. The predicted octanol–water partition coefficient (Wildman–Crippen LogP) is 3.81. The van der Waals surface area contributed by atoms with E-state index in [-0.39, 0.29) is 6.04 Å². The molecule has 0 radical (unpaired) electrons. The van der Waals surface area contributed by atoms with Gasteiger partial charge in [0.2, 0.25) is 0 Å². The molecular weight excluding hydrogens is 244 g/mol. The molecule has 2 rings (SSSR count). The first-order chi connectivity index (χ1) is 9.67. The number of hydrogen-bond donors (Lipinski definition) is 2. The highest BCUT2D eigenvalue weighted by Gasteiger charge is 2.16. The summed E-state index contributed by atoms with van der Waals surface area (Å²) in [5.41, 5.74) is 9.41. The van der Waals surface area contributed by atoms with Crippen LogP contribution in [0.3, 0.4) is 0 Å². The zero-order valence-electron chi connectivity index (χ0n) is 12.6. The van der Waals surface area contributed by atoms with E-state index in [1.54, 1.807) is 0 Å². The Kier molecular flexibility index (Phi) is 4.94. The Bertz CT molecular complexity index is 555. The zero-order chi connectivity index (χ0) is 14.5. The lowest BCUT2D eigenvalue weighted by Gasteiger charge is -2.22. The van der Waals surface area contributed by atoms with E-state index in [1.165, 1.54) is 27.8 Å². The van der Waals surface area contributed by atoms with E-state index in [4.69, 9.17) is 5.84 Å². The Morgan fingerprint density at radius 3 is 2.30 bits per heavy atom. The molecule has 0 aliphatic heterocycles. The molecule has 0 aromatic heterocycles. The van der Waals surface area contributed by atoms with Gasteiger partial charge in [0, 0.05) is 0 Å². The van der Waals surface area contributed by atoms with Gasteiger partial charge < -0.3 is 0 Å². The van der Waals surface area contributed by atoms with Gasteiger partial charge in [0.15, 0.2) is 0 Å². The third kappa shape index (κ3) is 3.09. The minimum Gasteiger partial charge on any atom is -0.271 e. The van der Waals surface area contributed by atoms with Crippen LogP contribution in [0.1, 0.15) is 47.2 Å². The van der Waals surface area contributed by atoms with E-state index >= 15 is 0 Å². The lowest BCUT2D eigenvalue weighted by atomic mass is 9.90. The molecular formula is C18H24N2. The van der Waals surface area contributed by atoms with Crippen molar-refractivity contribution in [2.45, 2.75) is 39.7 Å². The molecule has 0 aliphatic rings. The van der Waals surface area contributed by atoms with Crippen LogP contribution < -0.4 is 11.3 Å². The monoisotopic (exact) mass is 268 g/mol. The molecule has 0 saturated heterocycles. The molecule has 0 bridgehead atoms. The third-order valence-corrected chi connectivity index (χ3v) is 3.82. The maximum Gasteiger partial charge on any atom is 0.0715 e. The molecule has 3 N–H and O–H groups in total. The van der Waals surface area contributed by atoms with Gasteiger partial charge in [0.1, 0.15) is 0 Å². The fraction of sp³-hybridized carbons (Fsp3) is 0.333. The second kappa shape index (κ2) is 6.69. The Morgan fingerprint density at radius 2 is 1.70 bits per heavy atom. The largest absolute Gasteiger partial charge is 0.271 e. The maximum absolute atomic E-state index is 5.85. The molecule has 0 aliphatic carbocycles. The summed E-state index contributed by atoms with van der Waals surface area (Å²) in [5.74, 6) is 5.85. The minimum absolute atomic E-state index is 0.0491. The van der Waals surface area contributed by atoms with Crippen LogP contribution in [-0.2, 0) is 6.42 Å². The van der Waals surface area contributed by atoms with Gasteiger partial charge in [0.25, 0.3) is 0 Å². The maximum atomic E-state index is 5.85. The van der Waals surface area contributed by atoms with Crippen molar-refractivity contribution in [3.05, 3.63) is 70.3 Å². The first-order valence-corrected chi connectivity index (χ1v) is 7.28. The molecule has 2 aromatic rings. The standard InChI is InChI=1S/C18H24N2/c1-4-7-15-10-6-11-16(12-15)18(20-19)17-13(2)8-5-9-14(17)3/h5-6,8-12,18,20H,4,7,19H2,1-3H3. The van der Waals surface area contributed by atoms with E-state index in [1.807, 2.05) is 0 Å². The molecule has 2 heteroatoms. The molecule has 20 heavy (non-hydrogen) atoms. The van der Waals surface area contributed by atoms with Crippen molar-refractivity contribution in [3.8, 4) is 0 Å². The fourth-order valence-corrected chi connectivity index (χ4v) is 2.85. The van der Waals surface area contributed by atoms with Crippen LogP contribution in [0.2, 0.25) is 0 Å². The van der Waals surface area contributed by atoms with Crippen LogP contribution in [0.15, 0.2) is 42.5 Å². The highest BCUT2D eigenvalue weighted by Crippen LogP contribution is 2.27. The minimum atomic E-state index is 0.0491. The Labute approximate surface area is 122 Å². The first kappa shape index (κ1) is 14.8. The first-order valence-electron chi connectivity index (χ1n) is 7.28. The predicted molar refractivity (Wildman–Crippen MR) is 85.5 cm³/mol. The summed E-state index contributed by atoms with van der Waals surface area (Å²) in [6.45, 7) is 6.49. The molecule has 2 aromatic carbocycles. The molecule has 0 saturated carbocycles. The van der Waals surface area contributed by atoms with Gasteiger partial charge in [-0.3, -0.25) is 5.84 Å². The van der Waals surface area contributed by atoms with E-state index in [9.17, 15) is 0 Å². The van der Waals surface area contributed by atoms with Gasteiger partial charge >= 0.3 is 0 Å². The van der Waals surface area contributed by atoms with Crippen LogP contribution in [0.4, 0.5) is 0 Å². The van der Waals surface area contributed by atoms with E-state index in [2.05, 4.69) is 68.7 Å². The topological polar surface area (TPSA) is 38.0 Å². The number of nitrogens with one attached hydrogen (secondary N) is 1. The molecule has 0 fully saturated rings. The van der Waals surface area contributed by atoms with Crippen molar-refractivity contribution >= 4 is 0 Å². The highest BCUT2D eigenvalue weighted by molar-refractivity contribution is 5.42. The summed E-state index contributed by atoms with van der Waals surface area (Å²) in [6, 6.07) is 15.1. The van der Waals surface area contributed by atoms with Crippen LogP contribution in [-0.4, -0.2) is 0 Å². The number of hydrazine groups is 1. The molecule has 0 heterocycles. The second-order valence-corrected chi connectivity index (χ2v) is 5.40. The number of benzene rings is 2. The highest BCUT2D eigenvalue weighted by atomic mass is 15.2. The Balaban J connectivity index is 2.44. The quantitative estimate of drug-likeness (QED) is 0.639. The molecule has 1 atom stereocenters. The van der Waals surface area contributed by atoms with Crippen LogP contribution >= 0.6 is 0 Å². The van der Waals surface area contributed by atoms with Gasteiger partial charge in [-0.15, -0.1) is 0 Å². The van der Waals surface area contributed by atoms with Gasteiger partial charge in [0.05, 0.1) is 6.04 Å². The number of hydrogen-bond acceptors (Lipinski definition) is 2. The zero-order valence-corrected chi connectivity index (χ0v) is 12.6. The lowest BCUT2D eigenvalue weighted by molar-refractivity contribution is 0.629. The second-order valence-electron chi connectivity index (χ2n) is 5.40. The molecule has 1 unspecified atom stereocenters. The molecule has 0 spiro atoms. The van der Waals surface area contributed by atoms with Crippen molar-refractivity contribution in [2.24, 2.45) is 5.84 Å². The number of nitrogens with two attached hydrogens (primary N) is 1. The Morgan fingerprint density at radius 1 is 1.05 bits per heavy atom. The van der Waals surface area contributed by atoms with Crippen molar-refractivity contribution < 1.29 is 0 Å². The van der Waals surface area contributed by atoms with Crippen LogP contribution in [0.25, 0.3) is 0 Å². The summed E-state index contributed by atoms with van der Waals surface area (Å²) in [6.07, 6.45) is 2.27. The molecule has 2 nitrogen and oxygen atoms in total. The average molecular weight is 268 g/mol. The SMILES string of the molecule is CCCc1cccc(C(NN)c2c(C)cccc2C)c1. The van der Waals surface area contributed by atoms with Crippen LogP contribution in [0.5, 0.6) is 0 Å². The van der Waals surface area contributed by atoms with Crippen LogP contribution in [0, 0.1) is 13.8 Å². The van der Waals surface area contributed by atoms with E-state index in [0.29, 0.717) is 0 Å². The average Bonchev–Trinajstić information content (AvgIpc) is 2.44. The lowest BCUT2D eigenvalue weighted by Crippen LogP contribution is -2.30. The summed E-state index contributed by atoms with van der Waals surface area (Å²) < 4.78 is 0. The molecule has 106 valence electrons. The van der Waals surface area contributed by atoms with Gasteiger partial charge in [-0.1, -0.05) is 55.8 Å². The van der Waals surface area contributed by atoms with Crippen molar-refractivity contribution in [1.29, 1.82) is 0 Å². The normalized spacial score (nSPS) is 12.4. The summed E-state index contributed by atoms with van der Waals surface area (Å²) in [7, 11) is 0. The van der Waals surface area contributed by atoms with Crippen molar-refractivity contribution in [2.75, 3.05) is 0 Å². The Hall–Kier alpha value is -1.64. The summed E-state index contributed by atoms with van der Waals surface area (Å²) in [4.78, 5) is 0. The fourth-order valence-electron chi connectivity index (χ4n) is 2.85. The number of rotatable bonds is 5. The van der Waals surface area contributed by atoms with Crippen molar-refractivity contribution in [1.82, 2.24) is 5.43 Å².